The Balaban J connectivity index is 1.90. The first-order chi connectivity index (χ1) is 13.7. The molecule has 0 bridgehead atoms. The summed E-state index contributed by atoms with van der Waals surface area (Å²) in [5.74, 6) is -2.15. The van der Waals surface area contributed by atoms with E-state index in [0.29, 0.717) is 15.3 Å². The van der Waals surface area contributed by atoms with Gasteiger partial charge in [-0.05, 0) is 24.3 Å². The van der Waals surface area contributed by atoms with Crippen molar-refractivity contribution in [3.63, 3.8) is 0 Å². The van der Waals surface area contributed by atoms with Crippen LogP contribution in [0.3, 0.4) is 0 Å². The molecule has 0 radical (unpaired) electrons. The number of anilines is 2. The Labute approximate surface area is 165 Å². The van der Waals surface area contributed by atoms with Crippen molar-refractivity contribution in [2.24, 2.45) is 0 Å². The number of fused-ring (bicyclic) bond motifs is 1. The van der Waals surface area contributed by atoms with Gasteiger partial charge in [0.25, 0.3) is 0 Å². The lowest BCUT2D eigenvalue weighted by Crippen LogP contribution is -2.29. The summed E-state index contributed by atoms with van der Waals surface area (Å²) < 4.78 is 43.3. The van der Waals surface area contributed by atoms with Gasteiger partial charge in [-0.3, -0.25) is 9.59 Å². The third-order valence-corrected chi connectivity index (χ3v) is 4.50. The quantitative estimate of drug-likeness (QED) is 0.650. The third kappa shape index (κ3) is 4.61. The molecule has 1 aromatic heterocycles. The zero-order chi connectivity index (χ0) is 21.2. The van der Waals surface area contributed by atoms with Crippen molar-refractivity contribution >= 4 is 44.2 Å². The minimum absolute atomic E-state index is 0.116. The summed E-state index contributed by atoms with van der Waals surface area (Å²) in [5.41, 5.74) is 0.519. The summed E-state index contributed by atoms with van der Waals surface area (Å²) in [5, 5.41) is 14.1. The number of nitrogens with one attached hydrogen (secondary N) is 2. The number of aromatic nitrogens is 1. The summed E-state index contributed by atoms with van der Waals surface area (Å²) in [4.78, 5) is 26.5. The Kier molecular flexibility index (Phi) is 5.38. The standard InChI is InChI=1S/C18H11F3N4O3S/c1-9(26)23-17-25-13-5-6-14(12(8-22)15(13)29-17)28-11-4-2-3-10(7-11)24-16(27)18(19,20)21/h2-7H,1H3,(H,24,27)(H,23,25,26). The molecule has 1 heterocycles. The number of ether oxygens (including phenoxy) is 1. The Bertz CT molecular complexity index is 1150. The molecule has 7 nitrogen and oxygen atoms in total. The van der Waals surface area contributed by atoms with Crippen LogP contribution in [0.1, 0.15) is 12.5 Å². The van der Waals surface area contributed by atoms with E-state index in [1.807, 2.05) is 6.07 Å². The molecule has 29 heavy (non-hydrogen) atoms. The van der Waals surface area contributed by atoms with Crippen LogP contribution in [0.25, 0.3) is 10.2 Å². The number of hydrogen-bond acceptors (Lipinski definition) is 6. The van der Waals surface area contributed by atoms with Gasteiger partial charge in [-0.1, -0.05) is 17.4 Å². The average Bonchev–Trinajstić information content (AvgIpc) is 3.02. The van der Waals surface area contributed by atoms with Gasteiger partial charge in [0, 0.05) is 18.7 Å². The molecule has 0 spiro atoms. The molecule has 3 aromatic rings. The zero-order valence-corrected chi connectivity index (χ0v) is 15.4. The van der Waals surface area contributed by atoms with E-state index >= 15 is 0 Å². The van der Waals surface area contributed by atoms with Crippen LogP contribution in [0.5, 0.6) is 11.5 Å². The summed E-state index contributed by atoms with van der Waals surface area (Å²) >= 11 is 1.09. The molecule has 0 saturated carbocycles. The predicted molar refractivity (Wildman–Crippen MR) is 99.8 cm³/mol. The average molecular weight is 420 g/mol. The minimum atomic E-state index is -5.02. The molecular weight excluding hydrogens is 409 g/mol. The number of halogens is 3. The van der Waals surface area contributed by atoms with Crippen molar-refractivity contribution in [1.82, 2.24) is 4.98 Å². The second-order valence-corrected chi connectivity index (χ2v) is 6.68. The molecule has 0 atom stereocenters. The van der Waals surface area contributed by atoms with E-state index < -0.39 is 12.1 Å². The highest BCUT2D eigenvalue weighted by molar-refractivity contribution is 7.22. The van der Waals surface area contributed by atoms with E-state index in [2.05, 4.69) is 10.3 Å². The van der Waals surface area contributed by atoms with Crippen LogP contribution < -0.4 is 15.4 Å². The maximum Gasteiger partial charge on any atom is 0.471 e. The van der Waals surface area contributed by atoms with Crippen LogP contribution in [-0.4, -0.2) is 23.0 Å². The van der Waals surface area contributed by atoms with Gasteiger partial charge in [0.05, 0.1) is 10.2 Å². The van der Waals surface area contributed by atoms with Crippen molar-refractivity contribution in [3.05, 3.63) is 42.0 Å². The Hall–Kier alpha value is -3.65. The molecule has 0 saturated heterocycles. The molecule has 0 aliphatic heterocycles. The van der Waals surface area contributed by atoms with Gasteiger partial charge in [-0.2, -0.15) is 18.4 Å². The summed E-state index contributed by atoms with van der Waals surface area (Å²) in [7, 11) is 0. The first-order valence-corrected chi connectivity index (χ1v) is 8.76. The molecule has 2 amide bonds. The van der Waals surface area contributed by atoms with Gasteiger partial charge in [-0.15, -0.1) is 0 Å². The minimum Gasteiger partial charge on any atom is -0.456 e. The largest absolute Gasteiger partial charge is 0.471 e. The molecule has 0 fully saturated rings. The number of carbonyl (C=O) groups excluding carboxylic acids is 2. The first kappa shape index (κ1) is 20.1. The molecule has 2 N–H and O–H groups in total. The van der Waals surface area contributed by atoms with E-state index in [1.54, 1.807) is 11.4 Å². The molecule has 0 aliphatic rings. The smallest absolute Gasteiger partial charge is 0.456 e. The fraction of sp³-hybridized carbons (Fsp3) is 0.111. The highest BCUT2D eigenvalue weighted by Gasteiger charge is 2.38. The number of alkyl halides is 3. The number of thiazole rings is 1. The van der Waals surface area contributed by atoms with Crippen LogP contribution in [-0.2, 0) is 9.59 Å². The van der Waals surface area contributed by atoms with Gasteiger partial charge in [0.2, 0.25) is 5.91 Å². The van der Waals surface area contributed by atoms with Crippen molar-refractivity contribution < 1.29 is 27.5 Å². The van der Waals surface area contributed by atoms with Crippen molar-refractivity contribution in [2.75, 3.05) is 10.6 Å². The van der Waals surface area contributed by atoms with Gasteiger partial charge in [0.15, 0.2) is 5.13 Å². The molecule has 148 valence electrons. The van der Waals surface area contributed by atoms with E-state index in [-0.39, 0.29) is 28.7 Å². The lowest BCUT2D eigenvalue weighted by atomic mass is 10.2. The van der Waals surface area contributed by atoms with Crippen LogP contribution in [0.4, 0.5) is 24.0 Å². The number of benzene rings is 2. The summed E-state index contributed by atoms with van der Waals surface area (Å²) in [6.07, 6.45) is -5.02. The fourth-order valence-corrected chi connectivity index (χ4v) is 3.33. The van der Waals surface area contributed by atoms with Crippen molar-refractivity contribution in [2.45, 2.75) is 13.1 Å². The second-order valence-electron chi connectivity index (χ2n) is 5.68. The normalized spacial score (nSPS) is 11.0. The van der Waals surface area contributed by atoms with E-state index in [4.69, 9.17) is 4.74 Å². The Morgan fingerprint density at radius 1 is 1.21 bits per heavy atom. The molecule has 0 unspecified atom stereocenters. The van der Waals surface area contributed by atoms with Crippen LogP contribution in [0.2, 0.25) is 0 Å². The Morgan fingerprint density at radius 2 is 1.97 bits per heavy atom. The van der Waals surface area contributed by atoms with Crippen LogP contribution in [0, 0.1) is 11.3 Å². The molecular formula is C18H11F3N4O3S. The highest BCUT2D eigenvalue weighted by atomic mass is 32.1. The first-order valence-electron chi connectivity index (χ1n) is 7.94. The SMILES string of the molecule is CC(=O)Nc1nc2ccc(Oc3cccc(NC(=O)C(F)(F)F)c3)c(C#N)c2s1. The third-order valence-electron chi connectivity index (χ3n) is 3.49. The predicted octanol–water partition coefficient (Wildman–Crippen LogP) is 4.42. The van der Waals surface area contributed by atoms with Gasteiger partial charge < -0.3 is 15.4 Å². The van der Waals surface area contributed by atoms with Gasteiger partial charge in [0.1, 0.15) is 23.1 Å². The number of amides is 2. The van der Waals surface area contributed by atoms with Gasteiger partial charge >= 0.3 is 12.1 Å². The number of rotatable bonds is 4. The van der Waals surface area contributed by atoms with E-state index in [0.717, 1.165) is 11.3 Å². The van der Waals surface area contributed by atoms with Crippen molar-refractivity contribution in [1.29, 1.82) is 5.26 Å². The number of nitrogens with zero attached hydrogens (tertiary/aromatic N) is 2. The summed E-state index contributed by atoms with van der Waals surface area (Å²) in [6.45, 7) is 1.33. The number of hydrogen-bond donors (Lipinski definition) is 2. The van der Waals surface area contributed by atoms with Crippen molar-refractivity contribution in [3.8, 4) is 17.6 Å². The number of nitriles is 1. The topological polar surface area (TPSA) is 104 Å². The van der Waals surface area contributed by atoms with Crippen LogP contribution >= 0.6 is 11.3 Å². The monoisotopic (exact) mass is 420 g/mol. The van der Waals surface area contributed by atoms with Gasteiger partial charge in [-0.25, -0.2) is 4.98 Å². The van der Waals surface area contributed by atoms with E-state index in [1.165, 1.54) is 37.3 Å². The Morgan fingerprint density at radius 3 is 2.62 bits per heavy atom. The highest BCUT2D eigenvalue weighted by Crippen LogP contribution is 2.36. The fourth-order valence-electron chi connectivity index (χ4n) is 2.34. The molecule has 11 heteroatoms. The van der Waals surface area contributed by atoms with E-state index in [9.17, 15) is 28.0 Å². The lowest BCUT2D eigenvalue weighted by Gasteiger charge is -2.11. The molecule has 2 aromatic carbocycles. The lowest BCUT2D eigenvalue weighted by molar-refractivity contribution is -0.167. The maximum absolute atomic E-state index is 12.4. The number of carbonyl (C=O) groups is 2. The molecule has 0 aliphatic carbocycles. The maximum atomic E-state index is 12.4. The second kappa shape index (κ2) is 7.76. The zero-order valence-electron chi connectivity index (χ0n) is 14.6. The van der Waals surface area contributed by atoms with Crippen LogP contribution in [0.15, 0.2) is 36.4 Å². The molecule has 3 rings (SSSR count). The summed E-state index contributed by atoms with van der Waals surface area (Å²) in [6, 6.07) is 10.4.